The number of hydrogen-bond acceptors (Lipinski definition) is 5. The highest BCUT2D eigenvalue weighted by Crippen LogP contribution is 2.25. The molecule has 0 spiro atoms. The molecule has 1 aromatic heterocycles. The summed E-state index contributed by atoms with van der Waals surface area (Å²) in [5.41, 5.74) is 6.64. The molecule has 0 saturated carbocycles. The van der Waals surface area contributed by atoms with Crippen molar-refractivity contribution in [2.75, 3.05) is 37.4 Å². The predicted octanol–water partition coefficient (Wildman–Crippen LogP) is 1.29. The molecular formula is C12H19N3O2. The van der Waals surface area contributed by atoms with Gasteiger partial charge in [0.1, 0.15) is 0 Å². The zero-order chi connectivity index (χ0) is 12.3. The SMILES string of the molecule is CCC1CN(c2nc(OC)ccc2N)CCO1. The number of nitrogen functional groups attached to an aromatic ring is 1. The highest BCUT2D eigenvalue weighted by atomic mass is 16.5. The van der Waals surface area contributed by atoms with Crippen LogP contribution in [0.4, 0.5) is 11.5 Å². The minimum atomic E-state index is 0.260. The van der Waals surface area contributed by atoms with Crippen molar-refractivity contribution in [1.29, 1.82) is 0 Å². The monoisotopic (exact) mass is 237 g/mol. The molecular weight excluding hydrogens is 218 g/mol. The van der Waals surface area contributed by atoms with Crippen molar-refractivity contribution in [3.8, 4) is 5.88 Å². The molecule has 0 aliphatic carbocycles. The molecule has 0 amide bonds. The van der Waals surface area contributed by atoms with E-state index < -0.39 is 0 Å². The van der Waals surface area contributed by atoms with E-state index in [2.05, 4.69) is 16.8 Å². The van der Waals surface area contributed by atoms with Crippen LogP contribution in [0, 0.1) is 0 Å². The number of pyridine rings is 1. The van der Waals surface area contributed by atoms with E-state index in [1.54, 1.807) is 13.2 Å². The molecule has 1 saturated heterocycles. The highest BCUT2D eigenvalue weighted by Gasteiger charge is 2.21. The van der Waals surface area contributed by atoms with Crippen LogP contribution < -0.4 is 15.4 Å². The highest BCUT2D eigenvalue weighted by molar-refractivity contribution is 5.63. The van der Waals surface area contributed by atoms with Crippen molar-refractivity contribution in [2.45, 2.75) is 19.4 Å². The van der Waals surface area contributed by atoms with Gasteiger partial charge in [-0.25, -0.2) is 0 Å². The van der Waals surface area contributed by atoms with Crippen molar-refractivity contribution in [1.82, 2.24) is 4.98 Å². The Bertz CT molecular complexity index is 384. The first-order valence-corrected chi connectivity index (χ1v) is 5.91. The molecule has 2 rings (SSSR count). The van der Waals surface area contributed by atoms with Gasteiger partial charge in [0.15, 0.2) is 5.82 Å². The quantitative estimate of drug-likeness (QED) is 0.858. The van der Waals surface area contributed by atoms with Gasteiger partial charge in [0.05, 0.1) is 25.5 Å². The molecule has 1 aromatic rings. The standard InChI is InChI=1S/C12H19N3O2/c1-3-9-8-15(6-7-17-9)12-10(13)4-5-11(14-12)16-2/h4-5,9H,3,6-8,13H2,1-2H3. The Morgan fingerprint density at radius 1 is 1.59 bits per heavy atom. The lowest BCUT2D eigenvalue weighted by atomic mass is 10.2. The van der Waals surface area contributed by atoms with Gasteiger partial charge in [-0.2, -0.15) is 4.98 Å². The topological polar surface area (TPSA) is 60.6 Å². The lowest BCUT2D eigenvalue weighted by Gasteiger charge is -2.33. The van der Waals surface area contributed by atoms with Crippen molar-refractivity contribution in [3.05, 3.63) is 12.1 Å². The smallest absolute Gasteiger partial charge is 0.215 e. The first-order chi connectivity index (χ1) is 8.24. The number of morpholine rings is 1. The third-order valence-electron chi connectivity index (χ3n) is 2.98. The first-order valence-electron chi connectivity index (χ1n) is 5.91. The van der Waals surface area contributed by atoms with E-state index >= 15 is 0 Å². The lowest BCUT2D eigenvalue weighted by Crippen LogP contribution is -2.42. The maximum Gasteiger partial charge on any atom is 0.215 e. The summed E-state index contributed by atoms with van der Waals surface area (Å²) in [4.78, 5) is 6.57. The predicted molar refractivity (Wildman–Crippen MR) is 67.4 cm³/mol. The van der Waals surface area contributed by atoms with E-state index in [0.29, 0.717) is 11.6 Å². The van der Waals surface area contributed by atoms with Crippen molar-refractivity contribution in [3.63, 3.8) is 0 Å². The molecule has 5 nitrogen and oxygen atoms in total. The van der Waals surface area contributed by atoms with Crippen LogP contribution in [0.25, 0.3) is 0 Å². The molecule has 1 unspecified atom stereocenters. The van der Waals surface area contributed by atoms with Crippen LogP contribution in [0.1, 0.15) is 13.3 Å². The number of ether oxygens (including phenoxy) is 2. The Morgan fingerprint density at radius 2 is 2.41 bits per heavy atom. The Kier molecular flexibility index (Phi) is 3.68. The van der Waals surface area contributed by atoms with E-state index in [1.807, 2.05) is 6.07 Å². The minimum absolute atomic E-state index is 0.260. The van der Waals surface area contributed by atoms with Crippen LogP contribution in [-0.2, 0) is 4.74 Å². The molecule has 0 aromatic carbocycles. The van der Waals surface area contributed by atoms with Gasteiger partial charge in [0.2, 0.25) is 5.88 Å². The van der Waals surface area contributed by atoms with Crippen LogP contribution in [-0.4, -0.2) is 37.9 Å². The molecule has 0 radical (unpaired) electrons. The van der Waals surface area contributed by atoms with Crippen LogP contribution in [0.15, 0.2) is 12.1 Å². The molecule has 0 bridgehead atoms. The summed E-state index contributed by atoms with van der Waals surface area (Å²) in [6, 6.07) is 3.61. The lowest BCUT2D eigenvalue weighted by molar-refractivity contribution is 0.0382. The normalized spacial score (nSPS) is 20.4. The summed E-state index contributed by atoms with van der Waals surface area (Å²) in [5.74, 6) is 1.39. The fourth-order valence-electron chi connectivity index (χ4n) is 1.97. The van der Waals surface area contributed by atoms with Gasteiger partial charge in [-0.15, -0.1) is 0 Å². The molecule has 2 heterocycles. The largest absolute Gasteiger partial charge is 0.481 e. The maximum atomic E-state index is 5.96. The number of methoxy groups -OCH3 is 1. The molecule has 1 aliphatic heterocycles. The van der Waals surface area contributed by atoms with Gasteiger partial charge in [-0.3, -0.25) is 0 Å². The summed E-state index contributed by atoms with van der Waals surface area (Å²) < 4.78 is 10.8. The van der Waals surface area contributed by atoms with Crippen molar-refractivity contribution >= 4 is 11.5 Å². The summed E-state index contributed by atoms with van der Waals surface area (Å²) in [5, 5.41) is 0. The van der Waals surface area contributed by atoms with Crippen LogP contribution >= 0.6 is 0 Å². The second-order valence-corrected chi connectivity index (χ2v) is 4.11. The van der Waals surface area contributed by atoms with Crippen molar-refractivity contribution in [2.24, 2.45) is 0 Å². The second-order valence-electron chi connectivity index (χ2n) is 4.11. The van der Waals surface area contributed by atoms with Gasteiger partial charge in [-0.1, -0.05) is 6.92 Å². The Hall–Kier alpha value is -1.49. The molecule has 1 aliphatic rings. The summed E-state index contributed by atoms with van der Waals surface area (Å²) in [7, 11) is 1.61. The number of nitrogens with zero attached hydrogens (tertiary/aromatic N) is 2. The molecule has 94 valence electrons. The van der Waals surface area contributed by atoms with Crippen LogP contribution in [0.2, 0.25) is 0 Å². The molecule has 1 fully saturated rings. The Labute approximate surface area is 102 Å². The second kappa shape index (κ2) is 5.23. The van der Waals surface area contributed by atoms with E-state index in [0.717, 1.165) is 31.9 Å². The number of nitrogens with two attached hydrogens (primary N) is 1. The number of aromatic nitrogens is 1. The van der Waals surface area contributed by atoms with E-state index in [4.69, 9.17) is 15.2 Å². The van der Waals surface area contributed by atoms with Gasteiger partial charge in [0, 0.05) is 19.2 Å². The van der Waals surface area contributed by atoms with Crippen molar-refractivity contribution < 1.29 is 9.47 Å². The third kappa shape index (κ3) is 2.61. The van der Waals surface area contributed by atoms with Gasteiger partial charge in [-0.05, 0) is 12.5 Å². The minimum Gasteiger partial charge on any atom is -0.481 e. The van der Waals surface area contributed by atoms with Crippen LogP contribution in [0.3, 0.4) is 0 Å². The molecule has 2 N–H and O–H groups in total. The zero-order valence-electron chi connectivity index (χ0n) is 10.3. The van der Waals surface area contributed by atoms with E-state index in [9.17, 15) is 0 Å². The fourth-order valence-corrected chi connectivity index (χ4v) is 1.97. The number of anilines is 2. The van der Waals surface area contributed by atoms with E-state index in [-0.39, 0.29) is 6.10 Å². The average molecular weight is 237 g/mol. The summed E-state index contributed by atoms with van der Waals surface area (Å²) in [6.45, 7) is 4.50. The molecule has 5 heteroatoms. The molecule has 1 atom stereocenters. The summed E-state index contributed by atoms with van der Waals surface area (Å²) >= 11 is 0. The van der Waals surface area contributed by atoms with Gasteiger partial charge < -0.3 is 20.1 Å². The number of rotatable bonds is 3. The average Bonchev–Trinajstić information content (AvgIpc) is 2.39. The zero-order valence-corrected chi connectivity index (χ0v) is 10.3. The maximum absolute atomic E-state index is 5.96. The Balaban J connectivity index is 2.20. The fraction of sp³-hybridized carbons (Fsp3) is 0.583. The number of hydrogen-bond donors (Lipinski definition) is 1. The molecule has 17 heavy (non-hydrogen) atoms. The van der Waals surface area contributed by atoms with Gasteiger partial charge >= 0.3 is 0 Å². The third-order valence-corrected chi connectivity index (χ3v) is 2.98. The van der Waals surface area contributed by atoms with E-state index in [1.165, 1.54) is 0 Å². The van der Waals surface area contributed by atoms with Crippen LogP contribution in [0.5, 0.6) is 5.88 Å². The summed E-state index contributed by atoms with van der Waals surface area (Å²) in [6.07, 6.45) is 1.26. The van der Waals surface area contributed by atoms with Gasteiger partial charge in [0.25, 0.3) is 0 Å². The first kappa shape index (κ1) is 12.0. The Morgan fingerprint density at radius 3 is 3.12 bits per heavy atom.